The number of tetrazole rings is 1. The summed E-state index contributed by atoms with van der Waals surface area (Å²) in [7, 11) is -0.283. The zero-order valence-electron chi connectivity index (χ0n) is 21.3. The molecule has 0 radical (unpaired) electrons. The molecule has 36 heavy (non-hydrogen) atoms. The molecule has 2 aromatic rings. The summed E-state index contributed by atoms with van der Waals surface area (Å²) in [6.45, 7) is 11.3. The summed E-state index contributed by atoms with van der Waals surface area (Å²) in [4.78, 5) is 28.1. The van der Waals surface area contributed by atoms with Gasteiger partial charge in [-0.25, -0.2) is 4.71 Å². The molecule has 4 heterocycles. The second kappa shape index (κ2) is 10.2. The minimum Gasteiger partial charge on any atom is -0.614 e. The molecule has 0 bridgehead atoms. The quantitative estimate of drug-likeness (QED) is 0.298. The highest BCUT2D eigenvalue weighted by molar-refractivity contribution is 7.92. The predicted octanol–water partition coefficient (Wildman–Crippen LogP) is 1.08. The van der Waals surface area contributed by atoms with Crippen LogP contribution in [0.4, 0.5) is 0 Å². The van der Waals surface area contributed by atoms with Crippen LogP contribution in [0, 0.1) is 0 Å². The first-order chi connectivity index (χ1) is 16.9. The second-order valence-corrected chi connectivity index (χ2v) is 17.7. The van der Waals surface area contributed by atoms with Crippen molar-refractivity contribution in [3.63, 3.8) is 0 Å². The minimum atomic E-state index is -1.93. The fraction of sp³-hybridized carbons (Fsp3) is 0.500. The number of carbonyl (C=O) groups is 2. The normalized spacial score (nSPS) is 22.7. The van der Waals surface area contributed by atoms with Gasteiger partial charge in [0.1, 0.15) is 11.4 Å². The predicted molar refractivity (Wildman–Crippen MR) is 145 cm³/mol. The summed E-state index contributed by atoms with van der Waals surface area (Å²) in [5.74, 6) is -0.126. The molecule has 4 rings (SSSR count). The van der Waals surface area contributed by atoms with E-state index in [1.54, 1.807) is 7.98 Å². The molecule has 2 aliphatic rings. The Kier molecular flexibility index (Phi) is 7.63. The molecule has 192 valence electrons. The maximum atomic E-state index is 13.2. The lowest BCUT2D eigenvalue weighted by atomic mass is 10.0. The molecule has 14 heteroatoms. The van der Waals surface area contributed by atoms with E-state index in [-0.39, 0.29) is 34.9 Å². The van der Waals surface area contributed by atoms with Gasteiger partial charge in [-0.2, -0.15) is 0 Å². The van der Waals surface area contributed by atoms with Crippen molar-refractivity contribution in [1.82, 2.24) is 30.3 Å². The van der Waals surface area contributed by atoms with Gasteiger partial charge in [-0.3, -0.25) is 14.5 Å². The van der Waals surface area contributed by atoms with Crippen molar-refractivity contribution in [3.8, 4) is 0 Å². The van der Waals surface area contributed by atoms with E-state index >= 15 is 0 Å². The SMILES string of the molecule is Bn1nnc(C2=C(/C=C\CO[Si](C)(C)C(C)(C)C)C[S+]([O-])[C@@H]3[C@H](NC(=O)Cc4cccs4)C(=O)N23)n1. The number of fused-ring (bicyclic) bond motifs is 1. The number of nitrogens with zero attached hydrogens (tertiary/aromatic N) is 5. The van der Waals surface area contributed by atoms with E-state index in [1.807, 2.05) is 29.7 Å². The largest absolute Gasteiger partial charge is 0.614 e. The number of thiophene rings is 1. The van der Waals surface area contributed by atoms with Gasteiger partial charge < -0.3 is 14.3 Å². The van der Waals surface area contributed by atoms with Crippen molar-refractivity contribution in [2.75, 3.05) is 12.4 Å². The molecule has 1 N–H and O–H groups in total. The zero-order valence-corrected chi connectivity index (χ0v) is 24.0. The summed E-state index contributed by atoms with van der Waals surface area (Å²) in [5.41, 5.74) is 1.15. The van der Waals surface area contributed by atoms with Gasteiger partial charge in [0, 0.05) is 10.5 Å². The number of β-lactam (4-membered cyclic amide) rings is 1. The molecule has 1 fully saturated rings. The topological polar surface area (TPSA) is 125 Å². The van der Waals surface area contributed by atoms with E-state index in [0.717, 1.165) is 4.88 Å². The van der Waals surface area contributed by atoms with Crippen molar-refractivity contribution >= 4 is 56.3 Å². The van der Waals surface area contributed by atoms with E-state index in [2.05, 4.69) is 54.6 Å². The first-order valence-electron chi connectivity index (χ1n) is 11.7. The zero-order chi connectivity index (χ0) is 26.3. The Morgan fingerprint density at radius 2 is 2.19 bits per heavy atom. The van der Waals surface area contributed by atoms with Gasteiger partial charge in [0.05, 0.1) is 13.0 Å². The summed E-state index contributed by atoms with van der Waals surface area (Å²) in [6.07, 6.45) is 3.90. The maximum Gasteiger partial charge on any atom is 0.278 e. The highest BCUT2D eigenvalue weighted by Gasteiger charge is 2.60. The molecule has 10 nitrogen and oxygen atoms in total. The number of rotatable bonds is 8. The number of allylic oxidation sites excluding steroid dienone is 1. The number of carbonyl (C=O) groups excluding carboxylic acids is 2. The van der Waals surface area contributed by atoms with Crippen LogP contribution in [0.15, 0.2) is 35.2 Å². The molecule has 2 aliphatic heterocycles. The van der Waals surface area contributed by atoms with Gasteiger partial charge in [0.15, 0.2) is 14.4 Å². The third kappa shape index (κ3) is 5.37. The first-order valence-corrected chi connectivity index (χ1v) is 16.9. The lowest BCUT2D eigenvalue weighted by Gasteiger charge is -2.49. The summed E-state index contributed by atoms with van der Waals surface area (Å²) < 4.78 is 20.8. The van der Waals surface area contributed by atoms with E-state index in [1.165, 1.54) is 20.9 Å². The number of nitrogens with one attached hydrogen (secondary N) is 1. The number of amides is 2. The Labute approximate surface area is 219 Å². The molecule has 2 aromatic heterocycles. The standard InChI is InChI=1S/C22H31BN6O4S2Si/c1-22(2,3)36(4,5)33-10-6-8-14-13-35(32)21-17(24-16(30)12-15-9-7-11-34-15)20(31)28(21)18(14)19-25-27-29(23)26-19/h6-9,11,17,21H,10,12-13,23H2,1-5H3,(H,24,30)/b8-6-/t17-,21-,35?/m1/s1. The Bertz CT molecular complexity index is 1190. The molecule has 0 spiro atoms. The molecule has 1 saturated heterocycles. The van der Waals surface area contributed by atoms with Crippen LogP contribution in [-0.4, -0.2) is 81.5 Å². The Morgan fingerprint density at radius 1 is 1.44 bits per heavy atom. The lowest BCUT2D eigenvalue weighted by Crippen LogP contribution is -2.74. The van der Waals surface area contributed by atoms with Crippen molar-refractivity contribution in [1.29, 1.82) is 0 Å². The fourth-order valence-electron chi connectivity index (χ4n) is 3.78. The third-order valence-electron chi connectivity index (χ3n) is 6.77. The van der Waals surface area contributed by atoms with E-state index in [9.17, 15) is 14.1 Å². The summed E-state index contributed by atoms with van der Waals surface area (Å²) in [5, 5.41) is 16.4. The average molecular weight is 547 g/mol. The van der Waals surface area contributed by atoms with Crippen LogP contribution >= 0.6 is 11.3 Å². The molecule has 3 atom stereocenters. The highest BCUT2D eigenvalue weighted by Crippen LogP contribution is 2.41. The van der Waals surface area contributed by atoms with Gasteiger partial charge in [-0.1, -0.05) is 44.2 Å². The van der Waals surface area contributed by atoms with Gasteiger partial charge >= 0.3 is 0 Å². The van der Waals surface area contributed by atoms with Crippen molar-refractivity contribution in [2.45, 2.75) is 56.7 Å². The van der Waals surface area contributed by atoms with Gasteiger partial charge in [-0.05, 0) is 40.8 Å². The Morgan fingerprint density at radius 3 is 2.81 bits per heavy atom. The Hall–Kier alpha value is -2.26. The number of hydrogen-bond donors (Lipinski definition) is 1. The molecule has 0 saturated carbocycles. The fourth-order valence-corrected chi connectivity index (χ4v) is 7.07. The van der Waals surface area contributed by atoms with Crippen LogP contribution in [0.1, 0.15) is 31.5 Å². The molecular formula is C22H31BN6O4S2Si. The Balaban J connectivity index is 1.55. The minimum absolute atomic E-state index is 0.0847. The molecular weight excluding hydrogens is 515 g/mol. The summed E-state index contributed by atoms with van der Waals surface area (Å²) in [6, 6.07) is 2.89. The third-order valence-corrected chi connectivity index (χ3v) is 13.8. The monoisotopic (exact) mass is 546 g/mol. The lowest BCUT2D eigenvalue weighted by molar-refractivity contribution is -0.144. The molecule has 1 unspecified atom stereocenters. The van der Waals surface area contributed by atoms with Crippen molar-refractivity contribution in [3.05, 3.63) is 45.9 Å². The van der Waals surface area contributed by atoms with Crippen LogP contribution in [0.5, 0.6) is 0 Å². The number of aromatic nitrogens is 4. The van der Waals surface area contributed by atoms with E-state index in [4.69, 9.17) is 4.43 Å². The number of hydrogen-bond acceptors (Lipinski definition) is 8. The first kappa shape index (κ1) is 26.8. The smallest absolute Gasteiger partial charge is 0.278 e. The molecule has 2 amide bonds. The highest BCUT2D eigenvalue weighted by atomic mass is 32.2. The molecule has 0 aliphatic carbocycles. The average Bonchev–Trinajstić information content (AvgIpc) is 3.45. The van der Waals surface area contributed by atoms with Crippen LogP contribution in [-0.2, 0) is 31.6 Å². The summed E-state index contributed by atoms with van der Waals surface area (Å²) >= 11 is 0.0561. The van der Waals surface area contributed by atoms with Crippen LogP contribution in [0.2, 0.25) is 18.1 Å². The second-order valence-electron chi connectivity index (χ2n) is 10.4. The molecule has 0 aromatic carbocycles. The van der Waals surface area contributed by atoms with Gasteiger partial charge in [0.2, 0.25) is 17.1 Å². The van der Waals surface area contributed by atoms with E-state index in [0.29, 0.717) is 17.9 Å². The van der Waals surface area contributed by atoms with Crippen LogP contribution < -0.4 is 5.32 Å². The van der Waals surface area contributed by atoms with E-state index < -0.39 is 30.9 Å². The van der Waals surface area contributed by atoms with Gasteiger partial charge in [0.25, 0.3) is 13.9 Å². The van der Waals surface area contributed by atoms with Crippen molar-refractivity contribution < 1.29 is 18.6 Å². The van der Waals surface area contributed by atoms with Crippen LogP contribution in [0.25, 0.3) is 5.70 Å². The maximum absolute atomic E-state index is 13.2. The van der Waals surface area contributed by atoms with Crippen LogP contribution in [0.3, 0.4) is 0 Å². The van der Waals surface area contributed by atoms with Gasteiger partial charge in [-0.15, -0.1) is 21.5 Å². The van der Waals surface area contributed by atoms with Crippen molar-refractivity contribution in [2.24, 2.45) is 0 Å².